The number of rotatable bonds is 6. The number of halogens is 3. The number of carbonyl (C=O) groups is 3. The lowest BCUT2D eigenvalue weighted by molar-refractivity contribution is -0.145. The van der Waals surface area contributed by atoms with Crippen molar-refractivity contribution < 1.29 is 27.9 Å². The van der Waals surface area contributed by atoms with Crippen molar-refractivity contribution in [1.29, 1.82) is 0 Å². The number of amides is 3. The van der Waals surface area contributed by atoms with Crippen molar-refractivity contribution in [1.82, 2.24) is 25.9 Å². The molecule has 234 valence electrons. The quantitative estimate of drug-likeness (QED) is 0.0919. The summed E-state index contributed by atoms with van der Waals surface area (Å²) in [7, 11) is 1.20. The molecule has 3 amide bonds. The molecule has 1 aromatic heterocycles. The molecule has 44 heavy (non-hydrogen) atoms. The molecule has 0 saturated carbocycles. The van der Waals surface area contributed by atoms with Crippen molar-refractivity contribution >= 4 is 53.2 Å². The van der Waals surface area contributed by atoms with Crippen LogP contribution in [0.2, 0.25) is 5.02 Å². The Morgan fingerprint density at radius 2 is 2.09 bits per heavy atom. The molecule has 0 fully saturated rings. The van der Waals surface area contributed by atoms with E-state index in [0.717, 1.165) is 0 Å². The number of benzene rings is 1. The van der Waals surface area contributed by atoms with Gasteiger partial charge in [0.05, 0.1) is 30.6 Å². The normalized spacial score (nSPS) is 20.2. The molecule has 2 atom stereocenters. The SMILES string of the molecule is COC(=O)NC1C=C2NC(=O)C(F)(F)CCCC[C@H](NC(=O)/C=C/c3cc(Cl)ccc3N(N)/C=N\N)c3nc(c[nH]3)C2=CC1. The zero-order chi connectivity index (χ0) is 31.9. The van der Waals surface area contributed by atoms with Crippen molar-refractivity contribution in [3.05, 3.63) is 70.4 Å². The highest BCUT2D eigenvalue weighted by Crippen LogP contribution is 2.31. The molecule has 2 aliphatic rings. The summed E-state index contributed by atoms with van der Waals surface area (Å²) < 4.78 is 34.2. The molecule has 4 rings (SSSR count). The minimum Gasteiger partial charge on any atom is -0.453 e. The minimum atomic E-state index is -3.65. The maximum absolute atomic E-state index is 14.8. The van der Waals surface area contributed by atoms with Crippen LogP contribution in [-0.2, 0) is 14.3 Å². The van der Waals surface area contributed by atoms with Crippen molar-refractivity contribution in [2.45, 2.75) is 50.1 Å². The van der Waals surface area contributed by atoms with Crippen molar-refractivity contribution in [3.63, 3.8) is 0 Å². The highest BCUT2D eigenvalue weighted by atomic mass is 35.5. The zero-order valence-corrected chi connectivity index (χ0v) is 24.4. The number of hydrogen-bond donors (Lipinski definition) is 6. The molecule has 0 radical (unpaired) electrons. The van der Waals surface area contributed by atoms with Gasteiger partial charge >= 0.3 is 12.0 Å². The van der Waals surface area contributed by atoms with Crippen LogP contribution in [0.3, 0.4) is 0 Å². The second-order valence-electron chi connectivity index (χ2n) is 10.0. The van der Waals surface area contributed by atoms with Gasteiger partial charge in [-0.1, -0.05) is 24.1 Å². The predicted octanol–water partition coefficient (Wildman–Crippen LogP) is 3.24. The summed E-state index contributed by atoms with van der Waals surface area (Å²) in [4.78, 5) is 45.0. The molecule has 1 aromatic carbocycles. The number of aromatic nitrogens is 2. The number of alkyl carbamates (subject to hydrolysis) is 1. The number of aromatic amines is 1. The molecular formula is C28H32ClF2N9O4. The number of nitrogens with one attached hydrogen (secondary N) is 4. The Labute approximate surface area is 256 Å². The molecule has 1 aliphatic heterocycles. The lowest BCUT2D eigenvalue weighted by atomic mass is 9.97. The smallest absolute Gasteiger partial charge is 0.407 e. The molecule has 1 unspecified atom stereocenters. The van der Waals surface area contributed by atoms with Crippen LogP contribution in [0.1, 0.15) is 55.2 Å². The van der Waals surface area contributed by atoms with Crippen molar-refractivity contribution in [2.24, 2.45) is 16.8 Å². The summed E-state index contributed by atoms with van der Waals surface area (Å²) in [5.74, 6) is 5.92. The zero-order valence-electron chi connectivity index (χ0n) is 23.6. The lowest BCUT2D eigenvalue weighted by Crippen LogP contribution is -2.42. The number of methoxy groups -OCH3 is 1. The molecule has 13 nitrogen and oxygen atoms in total. The van der Waals surface area contributed by atoms with Crippen LogP contribution < -0.4 is 32.6 Å². The van der Waals surface area contributed by atoms with E-state index in [2.05, 4.69) is 35.8 Å². The standard InChI is InChI=1S/C28H32ClF2N9O4/c1-44-27(43)36-18-7-8-19-21(13-18)39-26(42)28(30,31)11-3-2-4-20(25-34-14-22(19)38-25)37-24(41)10-5-16-12-17(29)6-9-23(16)40(33)15-35-32/h5-6,8-10,12-15,18,20H,2-4,7,11,32-33H2,1H3,(H,34,38)(H,36,43)(H,37,41)(H,39,42)/b10-5+,35-15-/t18?,20-/m0/s1. The summed E-state index contributed by atoms with van der Waals surface area (Å²) in [6, 6.07) is 3.57. The Morgan fingerprint density at radius 3 is 2.84 bits per heavy atom. The average molecular weight is 632 g/mol. The van der Waals surface area contributed by atoms with Gasteiger partial charge in [0.15, 0.2) is 0 Å². The monoisotopic (exact) mass is 631 g/mol. The van der Waals surface area contributed by atoms with Crippen LogP contribution in [0.25, 0.3) is 11.6 Å². The molecule has 1 aliphatic carbocycles. The number of allylic oxidation sites excluding steroid dienone is 1. The first-order valence-electron chi connectivity index (χ1n) is 13.6. The van der Waals surface area contributed by atoms with Gasteiger partial charge in [-0.05, 0) is 49.6 Å². The van der Waals surface area contributed by atoms with E-state index in [-0.39, 0.29) is 31.4 Å². The molecule has 0 spiro atoms. The summed E-state index contributed by atoms with van der Waals surface area (Å²) >= 11 is 6.13. The summed E-state index contributed by atoms with van der Waals surface area (Å²) in [5.41, 5.74) is 1.78. The second kappa shape index (κ2) is 14.1. The van der Waals surface area contributed by atoms with Crippen LogP contribution in [0.5, 0.6) is 0 Å². The van der Waals surface area contributed by atoms with E-state index >= 15 is 0 Å². The van der Waals surface area contributed by atoms with Gasteiger partial charge in [-0.3, -0.25) is 14.6 Å². The molecule has 2 heterocycles. The number of nitrogens with two attached hydrogens (primary N) is 2. The van der Waals surface area contributed by atoms with E-state index in [1.807, 2.05) is 0 Å². The number of anilines is 1. The van der Waals surface area contributed by atoms with E-state index < -0.39 is 42.3 Å². The van der Waals surface area contributed by atoms with Gasteiger partial charge in [-0.2, -0.15) is 13.9 Å². The number of hydrazine groups is 1. The Kier molecular flexibility index (Phi) is 10.3. The number of H-pyrrole nitrogens is 1. The summed E-state index contributed by atoms with van der Waals surface area (Å²) in [5, 5.41) is 12.7. The summed E-state index contributed by atoms with van der Waals surface area (Å²) in [6.45, 7) is 0. The number of alkyl halides is 2. The highest BCUT2D eigenvalue weighted by molar-refractivity contribution is 6.30. The van der Waals surface area contributed by atoms with Crippen molar-refractivity contribution in [3.8, 4) is 0 Å². The Hall–Kier alpha value is -4.76. The fraction of sp³-hybridized carbons (Fsp3) is 0.321. The van der Waals surface area contributed by atoms with Gasteiger partial charge in [-0.25, -0.2) is 15.6 Å². The Balaban J connectivity index is 1.60. The van der Waals surface area contributed by atoms with Gasteiger partial charge < -0.3 is 31.5 Å². The third-order valence-corrected chi connectivity index (χ3v) is 7.16. The largest absolute Gasteiger partial charge is 0.453 e. The van der Waals surface area contributed by atoms with Crippen LogP contribution in [0.15, 0.2) is 53.4 Å². The first kappa shape index (κ1) is 32.2. The summed E-state index contributed by atoms with van der Waals surface area (Å²) in [6.07, 6.45) is 8.08. The van der Waals surface area contributed by atoms with Gasteiger partial charge in [0.25, 0.3) is 5.91 Å². The van der Waals surface area contributed by atoms with Gasteiger partial charge in [0, 0.05) is 40.5 Å². The Morgan fingerprint density at radius 1 is 1.30 bits per heavy atom. The lowest BCUT2D eigenvalue weighted by Gasteiger charge is -2.24. The highest BCUT2D eigenvalue weighted by Gasteiger charge is 2.39. The molecule has 2 aromatic rings. The number of hydrogen-bond acceptors (Lipinski definition) is 8. The first-order chi connectivity index (χ1) is 21.0. The van der Waals surface area contributed by atoms with Crippen LogP contribution >= 0.6 is 11.6 Å². The number of imidazole rings is 1. The number of fused-ring (bicyclic) bond motifs is 4. The predicted molar refractivity (Wildman–Crippen MR) is 161 cm³/mol. The molecule has 0 saturated heterocycles. The van der Waals surface area contributed by atoms with E-state index in [1.54, 1.807) is 30.5 Å². The molecule has 16 heteroatoms. The fourth-order valence-corrected chi connectivity index (χ4v) is 4.92. The maximum atomic E-state index is 14.8. The molecule has 8 N–H and O–H groups in total. The molecule has 2 bridgehead atoms. The van der Waals surface area contributed by atoms with E-state index in [9.17, 15) is 23.2 Å². The third-order valence-electron chi connectivity index (χ3n) is 6.93. The average Bonchev–Trinajstić information content (AvgIpc) is 3.47. The van der Waals surface area contributed by atoms with E-state index in [1.165, 1.54) is 36.7 Å². The Bertz CT molecular complexity index is 1520. The topological polar surface area (TPSA) is 193 Å². The van der Waals surface area contributed by atoms with Crippen molar-refractivity contribution in [2.75, 3.05) is 12.1 Å². The number of nitrogens with zero attached hydrogens (tertiary/aromatic N) is 3. The number of ether oxygens (including phenoxy) is 1. The fourth-order valence-electron chi connectivity index (χ4n) is 4.74. The molecular weight excluding hydrogens is 600 g/mol. The number of carbonyl (C=O) groups excluding carboxylic acids is 3. The maximum Gasteiger partial charge on any atom is 0.407 e. The van der Waals surface area contributed by atoms with Crippen LogP contribution in [-0.4, -0.2) is 53.3 Å². The van der Waals surface area contributed by atoms with Gasteiger partial charge in [0.2, 0.25) is 5.91 Å². The number of hydrazone groups is 1. The third kappa shape index (κ3) is 7.99. The van der Waals surface area contributed by atoms with E-state index in [0.29, 0.717) is 33.4 Å². The van der Waals surface area contributed by atoms with Gasteiger partial charge in [0.1, 0.15) is 12.2 Å². The van der Waals surface area contributed by atoms with Crippen LogP contribution in [0.4, 0.5) is 19.3 Å². The van der Waals surface area contributed by atoms with Crippen LogP contribution in [0, 0.1) is 0 Å². The minimum absolute atomic E-state index is 0.00532. The van der Waals surface area contributed by atoms with Gasteiger partial charge in [-0.15, -0.1) is 0 Å². The second-order valence-corrected chi connectivity index (χ2v) is 10.5. The van der Waals surface area contributed by atoms with E-state index in [4.69, 9.17) is 23.3 Å². The first-order valence-corrected chi connectivity index (χ1v) is 14.0.